The van der Waals surface area contributed by atoms with Crippen LogP contribution >= 0.6 is 0 Å². The summed E-state index contributed by atoms with van der Waals surface area (Å²) < 4.78 is 0. The molecule has 0 saturated carbocycles. The molecule has 1 aromatic rings. The lowest BCUT2D eigenvalue weighted by Gasteiger charge is -2.31. The Morgan fingerprint density at radius 1 is 1.29 bits per heavy atom. The maximum Gasteiger partial charge on any atom is 0.237 e. The maximum atomic E-state index is 12.3. The summed E-state index contributed by atoms with van der Waals surface area (Å²) in [5.74, 6) is 0.0851. The molecule has 0 aliphatic rings. The van der Waals surface area contributed by atoms with Crippen molar-refractivity contribution in [3.8, 4) is 0 Å². The number of carbonyl (C=O) groups excluding carboxylic acids is 1. The van der Waals surface area contributed by atoms with Gasteiger partial charge in [0.05, 0.1) is 6.04 Å². The maximum absolute atomic E-state index is 12.3. The lowest BCUT2D eigenvalue weighted by Crippen LogP contribution is -2.47. The van der Waals surface area contributed by atoms with Gasteiger partial charge in [0.25, 0.3) is 0 Å². The number of rotatable bonds is 7. The molecule has 4 nitrogen and oxygen atoms in total. The smallest absolute Gasteiger partial charge is 0.237 e. The Bertz CT molecular complexity index is 457. The van der Waals surface area contributed by atoms with Crippen molar-refractivity contribution in [2.24, 2.45) is 0 Å². The molecule has 1 aromatic carbocycles. The molecule has 1 amide bonds. The zero-order valence-corrected chi connectivity index (χ0v) is 13.9. The summed E-state index contributed by atoms with van der Waals surface area (Å²) in [5, 5.41) is 3.11. The standard InChI is InChI=1S/C17H29N3O/c1-6-16(7-2)19-17(21)13(4)20(5)12(3)14-9-8-10-15(18)11-14/h8-13,16H,6-7,18H2,1-5H3,(H,19,21). The highest BCUT2D eigenvalue weighted by Gasteiger charge is 2.24. The van der Waals surface area contributed by atoms with Crippen molar-refractivity contribution in [2.75, 3.05) is 12.8 Å². The molecule has 0 radical (unpaired) electrons. The zero-order chi connectivity index (χ0) is 16.0. The van der Waals surface area contributed by atoms with Crippen LogP contribution in [0.3, 0.4) is 0 Å². The van der Waals surface area contributed by atoms with E-state index in [4.69, 9.17) is 5.73 Å². The van der Waals surface area contributed by atoms with Gasteiger partial charge in [-0.25, -0.2) is 0 Å². The van der Waals surface area contributed by atoms with Gasteiger partial charge in [-0.05, 0) is 51.4 Å². The summed E-state index contributed by atoms with van der Waals surface area (Å²) in [6, 6.07) is 8.05. The third kappa shape index (κ3) is 4.74. The lowest BCUT2D eigenvalue weighted by atomic mass is 10.0. The number of anilines is 1. The first-order chi connectivity index (χ1) is 9.90. The number of nitrogens with two attached hydrogens (primary N) is 1. The first-order valence-electron chi connectivity index (χ1n) is 7.78. The Hall–Kier alpha value is -1.55. The van der Waals surface area contributed by atoms with Gasteiger partial charge in [-0.3, -0.25) is 9.69 Å². The third-order valence-corrected chi connectivity index (χ3v) is 4.33. The molecule has 2 atom stereocenters. The normalized spacial score (nSPS) is 14.2. The molecule has 0 aliphatic carbocycles. The third-order valence-electron chi connectivity index (χ3n) is 4.33. The molecule has 0 heterocycles. The molecule has 3 N–H and O–H groups in total. The minimum Gasteiger partial charge on any atom is -0.399 e. The van der Waals surface area contributed by atoms with Gasteiger partial charge < -0.3 is 11.1 Å². The van der Waals surface area contributed by atoms with Crippen molar-refractivity contribution in [1.82, 2.24) is 10.2 Å². The first-order valence-corrected chi connectivity index (χ1v) is 7.78. The number of amides is 1. The van der Waals surface area contributed by atoms with Crippen LogP contribution in [0.25, 0.3) is 0 Å². The van der Waals surface area contributed by atoms with Crippen LogP contribution in [0.15, 0.2) is 24.3 Å². The summed E-state index contributed by atoms with van der Waals surface area (Å²) in [7, 11) is 1.98. The monoisotopic (exact) mass is 291 g/mol. The summed E-state index contributed by atoms with van der Waals surface area (Å²) >= 11 is 0. The van der Waals surface area contributed by atoms with E-state index in [0.29, 0.717) is 0 Å². The van der Waals surface area contributed by atoms with Gasteiger partial charge in [-0.1, -0.05) is 26.0 Å². The Labute approximate surface area is 128 Å². The van der Waals surface area contributed by atoms with Crippen LogP contribution in [0.1, 0.15) is 52.1 Å². The largest absolute Gasteiger partial charge is 0.399 e. The first kappa shape index (κ1) is 17.5. The molecule has 4 heteroatoms. The summed E-state index contributed by atoms with van der Waals surface area (Å²) in [4.78, 5) is 14.4. The van der Waals surface area contributed by atoms with Gasteiger partial charge in [-0.2, -0.15) is 0 Å². The molecule has 0 aromatic heterocycles. The minimum absolute atomic E-state index is 0.0851. The van der Waals surface area contributed by atoms with Crippen molar-refractivity contribution in [3.05, 3.63) is 29.8 Å². The topological polar surface area (TPSA) is 58.4 Å². The molecule has 2 unspecified atom stereocenters. The molecular formula is C17H29N3O. The van der Waals surface area contributed by atoms with E-state index in [1.165, 1.54) is 0 Å². The molecule has 0 spiro atoms. The van der Waals surface area contributed by atoms with Gasteiger partial charge in [0.2, 0.25) is 5.91 Å². The van der Waals surface area contributed by atoms with E-state index in [1.54, 1.807) is 0 Å². The Kier molecular flexibility index (Phi) is 6.69. The average molecular weight is 291 g/mol. The number of likely N-dealkylation sites (N-methyl/N-ethyl adjacent to an activating group) is 1. The second kappa shape index (κ2) is 8.03. The molecule has 0 aliphatic heterocycles. The van der Waals surface area contributed by atoms with Gasteiger partial charge in [0.1, 0.15) is 0 Å². The van der Waals surface area contributed by atoms with E-state index in [9.17, 15) is 4.79 Å². The fourth-order valence-corrected chi connectivity index (χ4v) is 2.39. The van der Waals surface area contributed by atoms with Crippen molar-refractivity contribution in [3.63, 3.8) is 0 Å². The van der Waals surface area contributed by atoms with Gasteiger partial charge in [-0.15, -0.1) is 0 Å². The Morgan fingerprint density at radius 3 is 2.43 bits per heavy atom. The molecular weight excluding hydrogens is 262 g/mol. The van der Waals surface area contributed by atoms with E-state index in [1.807, 2.05) is 38.2 Å². The van der Waals surface area contributed by atoms with E-state index >= 15 is 0 Å². The number of nitrogens with zero attached hydrogens (tertiary/aromatic N) is 1. The summed E-state index contributed by atoms with van der Waals surface area (Å²) in [6.45, 7) is 8.23. The second-order valence-electron chi connectivity index (χ2n) is 5.71. The summed E-state index contributed by atoms with van der Waals surface area (Å²) in [5.41, 5.74) is 7.71. The van der Waals surface area contributed by atoms with E-state index in [2.05, 4.69) is 31.0 Å². The number of nitrogen functional groups attached to an aromatic ring is 1. The molecule has 1 rings (SSSR count). The molecule has 0 saturated heterocycles. The Morgan fingerprint density at radius 2 is 1.90 bits per heavy atom. The second-order valence-corrected chi connectivity index (χ2v) is 5.71. The number of nitrogens with one attached hydrogen (secondary N) is 1. The number of hydrogen-bond donors (Lipinski definition) is 2. The van der Waals surface area contributed by atoms with Crippen molar-refractivity contribution < 1.29 is 4.79 Å². The molecule has 118 valence electrons. The quantitative estimate of drug-likeness (QED) is 0.759. The van der Waals surface area contributed by atoms with E-state index in [-0.39, 0.29) is 24.0 Å². The number of hydrogen-bond acceptors (Lipinski definition) is 3. The van der Waals surface area contributed by atoms with E-state index < -0.39 is 0 Å². The average Bonchev–Trinajstić information content (AvgIpc) is 2.50. The lowest BCUT2D eigenvalue weighted by molar-refractivity contribution is -0.126. The molecule has 0 bridgehead atoms. The number of carbonyl (C=O) groups is 1. The van der Waals surface area contributed by atoms with Crippen LogP contribution in [0, 0.1) is 0 Å². The number of benzene rings is 1. The highest BCUT2D eigenvalue weighted by atomic mass is 16.2. The van der Waals surface area contributed by atoms with Crippen LogP contribution < -0.4 is 11.1 Å². The highest BCUT2D eigenvalue weighted by molar-refractivity contribution is 5.81. The van der Waals surface area contributed by atoms with Crippen LogP contribution in [0.5, 0.6) is 0 Å². The van der Waals surface area contributed by atoms with Crippen molar-refractivity contribution >= 4 is 11.6 Å². The Balaban J connectivity index is 2.72. The van der Waals surface area contributed by atoms with Crippen LogP contribution in [-0.2, 0) is 4.79 Å². The van der Waals surface area contributed by atoms with Crippen molar-refractivity contribution in [2.45, 2.75) is 58.7 Å². The SMILES string of the molecule is CCC(CC)NC(=O)C(C)N(C)C(C)c1cccc(N)c1. The minimum atomic E-state index is -0.179. The fourth-order valence-electron chi connectivity index (χ4n) is 2.39. The van der Waals surface area contributed by atoms with Gasteiger partial charge >= 0.3 is 0 Å². The predicted octanol–water partition coefficient (Wildman–Crippen LogP) is 2.95. The van der Waals surface area contributed by atoms with Gasteiger partial charge in [0.15, 0.2) is 0 Å². The van der Waals surface area contributed by atoms with E-state index in [0.717, 1.165) is 24.1 Å². The van der Waals surface area contributed by atoms with Crippen LogP contribution in [-0.4, -0.2) is 29.9 Å². The fraction of sp³-hybridized carbons (Fsp3) is 0.588. The predicted molar refractivity (Wildman–Crippen MR) is 89.0 cm³/mol. The van der Waals surface area contributed by atoms with Crippen molar-refractivity contribution in [1.29, 1.82) is 0 Å². The van der Waals surface area contributed by atoms with Crippen LogP contribution in [0.4, 0.5) is 5.69 Å². The molecule has 21 heavy (non-hydrogen) atoms. The summed E-state index contributed by atoms with van der Waals surface area (Å²) in [6.07, 6.45) is 1.92. The van der Waals surface area contributed by atoms with Gasteiger partial charge in [0, 0.05) is 17.8 Å². The zero-order valence-electron chi connectivity index (χ0n) is 13.9. The molecule has 0 fully saturated rings. The highest BCUT2D eigenvalue weighted by Crippen LogP contribution is 2.22. The van der Waals surface area contributed by atoms with Crippen LogP contribution in [0.2, 0.25) is 0 Å².